The van der Waals surface area contributed by atoms with Gasteiger partial charge in [0.05, 0.1) is 23.5 Å². The summed E-state index contributed by atoms with van der Waals surface area (Å²) in [6.07, 6.45) is 1.34. The zero-order chi connectivity index (χ0) is 17.1. The number of nitrogens with one attached hydrogen (secondary N) is 2. The van der Waals surface area contributed by atoms with Crippen molar-refractivity contribution in [1.82, 2.24) is 15.5 Å². The molecule has 0 aliphatic rings. The number of carbonyl (C=O) groups excluding carboxylic acids is 1. The first kappa shape index (κ1) is 15.9. The number of H-pyrrole nitrogens is 1. The topological polar surface area (TPSA) is 57.8 Å². The number of aromatic amines is 1. The van der Waals surface area contributed by atoms with E-state index in [0.717, 1.165) is 0 Å². The van der Waals surface area contributed by atoms with Crippen molar-refractivity contribution in [3.05, 3.63) is 77.5 Å². The summed E-state index contributed by atoms with van der Waals surface area (Å²) < 4.78 is 27.2. The third-order valence-corrected chi connectivity index (χ3v) is 3.72. The summed E-state index contributed by atoms with van der Waals surface area (Å²) in [5, 5.41) is 9.26. The van der Waals surface area contributed by atoms with Crippen molar-refractivity contribution in [3.63, 3.8) is 0 Å². The monoisotopic (exact) mass is 327 g/mol. The van der Waals surface area contributed by atoms with Crippen molar-refractivity contribution >= 4 is 5.91 Å². The molecule has 122 valence electrons. The lowest BCUT2D eigenvalue weighted by Crippen LogP contribution is -2.26. The molecule has 0 saturated carbocycles. The molecule has 1 aromatic heterocycles. The highest BCUT2D eigenvalue weighted by Gasteiger charge is 2.19. The summed E-state index contributed by atoms with van der Waals surface area (Å²) in [4.78, 5) is 12.5. The molecule has 24 heavy (non-hydrogen) atoms. The summed E-state index contributed by atoms with van der Waals surface area (Å²) in [6, 6.07) is 11.7. The largest absolute Gasteiger partial charge is 0.345 e. The fourth-order valence-electron chi connectivity index (χ4n) is 2.46. The molecule has 0 unspecified atom stereocenters. The summed E-state index contributed by atoms with van der Waals surface area (Å²) in [5.41, 5.74) is 1.43. The average Bonchev–Trinajstić information content (AvgIpc) is 3.04. The number of carbonyl (C=O) groups is 1. The lowest BCUT2D eigenvalue weighted by molar-refractivity contribution is 0.0940. The number of nitrogens with zero attached hydrogens (tertiary/aromatic N) is 1. The van der Waals surface area contributed by atoms with E-state index in [4.69, 9.17) is 0 Å². The van der Waals surface area contributed by atoms with Gasteiger partial charge in [-0.1, -0.05) is 24.3 Å². The van der Waals surface area contributed by atoms with E-state index in [1.54, 1.807) is 37.3 Å². The van der Waals surface area contributed by atoms with Crippen LogP contribution in [-0.4, -0.2) is 16.1 Å². The summed E-state index contributed by atoms with van der Waals surface area (Å²) in [5.74, 6) is -1.24. The number of hydrogen-bond acceptors (Lipinski definition) is 2. The Hall–Kier alpha value is -3.02. The van der Waals surface area contributed by atoms with Gasteiger partial charge in [0.25, 0.3) is 5.91 Å². The van der Waals surface area contributed by atoms with Gasteiger partial charge in [-0.25, -0.2) is 8.78 Å². The maximum Gasteiger partial charge on any atom is 0.255 e. The van der Waals surface area contributed by atoms with E-state index in [1.807, 2.05) is 0 Å². The molecule has 4 nitrogen and oxygen atoms in total. The molecule has 2 aromatic carbocycles. The number of aromatic nitrogens is 2. The van der Waals surface area contributed by atoms with Gasteiger partial charge in [0.2, 0.25) is 0 Å². The molecular weight excluding hydrogens is 312 g/mol. The second kappa shape index (κ2) is 6.62. The lowest BCUT2D eigenvalue weighted by atomic mass is 10.1. The zero-order valence-electron chi connectivity index (χ0n) is 12.9. The van der Waals surface area contributed by atoms with Crippen LogP contribution in [0, 0.1) is 11.6 Å². The Morgan fingerprint density at radius 1 is 1.17 bits per heavy atom. The minimum atomic E-state index is -0.450. The van der Waals surface area contributed by atoms with Crippen LogP contribution in [0.25, 0.3) is 11.3 Å². The molecule has 1 amide bonds. The van der Waals surface area contributed by atoms with Crippen molar-refractivity contribution in [2.45, 2.75) is 13.0 Å². The van der Waals surface area contributed by atoms with E-state index in [2.05, 4.69) is 15.5 Å². The highest BCUT2D eigenvalue weighted by molar-refractivity contribution is 6.00. The maximum absolute atomic E-state index is 13.9. The molecule has 0 aliphatic carbocycles. The standard InChI is InChI=1S/C18H15F2N3O/c1-11(12-5-4-6-13(19)9-12)22-18(24)15-10-21-23-17(15)14-7-2-3-8-16(14)20/h2-11H,1H3,(H,21,23)(H,22,24)/t11-/m0/s1. The number of rotatable bonds is 4. The minimum Gasteiger partial charge on any atom is -0.345 e. The van der Waals surface area contributed by atoms with Gasteiger partial charge in [-0.2, -0.15) is 5.10 Å². The van der Waals surface area contributed by atoms with Gasteiger partial charge in [-0.3, -0.25) is 9.89 Å². The van der Waals surface area contributed by atoms with Crippen LogP contribution in [0.4, 0.5) is 8.78 Å². The first-order valence-corrected chi connectivity index (χ1v) is 7.41. The summed E-state index contributed by atoms with van der Waals surface area (Å²) in [6.45, 7) is 1.75. The van der Waals surface area contributed by atoms with Crippen LogP contribution < -0.4 is 5.32 Å². The second-order valence-corrected chi connectivity index (χ2v) is 5.39. The first-order chi connectivity index (χ1) is 11.6. The molecule has 1 atom stereocenters. The molecule has 3 rings (SSSR count). The molecule has 0 spiro atoms. The Balaban J connectivity index is 1.84. The predicted molar refractivity (Wildman–Crippen MR) is 86.3 cm³/mol. The normalized spacial score (nSPS) is 12.0. The second-order valence-electron chi connectivity index (χ2n) is 5.39. The van der Waals surface area contributed by atoms with Crippen LogP contribution >= 0.6 is 0 Å². The fraction of sp³-hybridized carbons (Fsp3) is 0.111. The van der Waals surface area contributed by atoms with Gasteiger partial charge in [-0.15, -0.1) is 0 Å². The van der Waals surface area contributed by atoms with E-state index in [-0.39, 0.29) is 16.9 Å². The molecule has 0 radical (unpaired) electrons. The van der Waals surface area contributed by atoms with Crippen molar-refractivity contribution in [3.8, 4) is 11.3 Å². The Labute approximate surface area is 137 Å². The molecule has 6 heteroatoms. The van der Waals surface area contributed by atoms with Crippen LogP contribution in [0.3, 0.4) is 0 Å². The van der Waals surface area contributed by atoms with E-state index in [0.29, 0.717) is 11.3 Å². The Kier molecular flexibility index (Phi) is 4.37. The number of benzene rings is 2. The van der Waals surface area contributed by atoms with Crippen molar-refractivity contribution in [2.75, 3.05) is 0 Å². The van der Waals surface area contributed by atoms with Gasteiger partial charge >= 0.3 is 0 Å². The van der Waals surface area contributed by atoms with Crippen LogP contribution in [0.5, 0.6) is 0 Å². The number of hydrogen-bond donors (Lipinski definition) is 2. The van der Waals surface area contributed by atoms with Crippen LogP contribution in [0.2, 0.25) is 0 Å². The SMILES string of the molecule is C[C@H](NC(=O)c1cn[nH]c1-c1ccccc1F)c1cccc(F)c1. The molecule has 3 aromatic rings. The predicted octanol–water partition coefficient (Wildman–Crippen LogP) is 3.85. The average molecular weight is 327 g/mol. The fourth-order valence-corrected chi connectivity index (χ4v) is 2.46. The number of halogens is 2. The van der Waals surface area contributed by atoms with Crippen molar-refractivity contribution < 1.29 is 13.6 Å². The van der Waals surface area contributed by atoms with Crippen molar-refractivity contribution in [1.29, 1.82) is 0 Å². The number of amides is 1. The third-order valence-electron chi connectivity index (χ3n) is 3.72. The van der Waals surface area contributed by atoms with E-state index in [1.165, 1.54) is 24.4 Å². The molecule has 2 N–H and O–H groups in total. The van der Waals surface area contributed by atoms with Gasteiger partial charge in [0.15, 0.2) is 0 Å². The maximum atomic E-state index is 13.9. The van der Waals surface area contributed by atoms with E-state index < -0.39 is 17.8 Å². The highest BCUT2D eigenvalue weighted by atomic mass is 19.1. The van der Waals surface area contributed by atoms with Crippen molar-refractivity contribution in [2.24, 2.45) is 0 Å². The molecule has 0 bridgehead atoms. The lowest BCUT2D eigenvalue weighted by Gasteiger charge is -2.14. The zero-order valence-corrected chi connectivity index (χ0v) is 12.9. The molecular formula is C18H15F2N3O. The van der Waals surface area contributed by atoms with Gasteiger partial charge in [0.1, 0.15) is 11.6 Å². The summed E-state index contributed by atoms with van der Waals surface area (Å²) in [7, 11) is 0. The summed E-state index contributed by atoms with van der Waals surface area (Å²) >= 11 is 0. The molecule has 1 heterocycles. The van der Waals surface area contributed by atoms with Gasteiger partial charge in [-0.05, 0) is 36.8 Å². The first-order valence-electron chi connectivity index (χ1n) is 7.41. The highest BCUT2D eigenvalue weighted by Crippen LogP contribution is 2.24. The van der Waals surface area contributed by atoms with Crippen LogP contribution in [-0.2, 0) is 0 Å². The Bertz CT molecular complexity index is 876. The molecule has 0 aliphatic heterocycles. The molecule has 0 saturated heterocycles. The quantitative estimate of drug-likeness (QED) is 0.765. The minimum absolute atomic E-state index is 0.225. The van der Waals surface area contributed by atoms with Gasteiger partial charge < -0.3 is 5.32 Å². The third kappa shape index (κ3) is 3.17. The smallest absolute Gasteiger partial charge is 0.255 e. The van der Waals surface area contributed by atoms with Crippen LogP contribution in [0.1, 0.15) is 28.9 Å². The molecule has 0 fully saturated rings. The van der Waals surface area contributed by atoms with Gasteiger partial charge in [0, 0.05) is 5.56 Å². The Morgan fingerprint density at radius 2 is 1.96 bits per heavy atom. The van der Waals surface area contributed by atoms with E-state index in [9.17, 15) is 13.6 Å². The van der Waals surface area contributed by atoms with Crippen LogP contribution in [0.15, 0.2) is 54.7 Å². The van der Waals surface area contributed by atoms with E-state index >= 15 is 0 Å². The Morgan fingerprint density at radius 3 is 2.71 bits per heavy atom.